The lowest BCUT2D eigenvalue weighted by Gasteiger charge is -2.31. The number of nitrogens with one attached hydrogen (secondary N) is 1. The zero-order valence-electron chi connectivity index (χ0n) is 17.0. The molecule has 0 radical (unpaired) electrons. The molecular weight excluding hydrogens is 378 g/mol. The molecule has 9 heteroatoms. The number of carbonyl (C=O) groups excluding carboxylic acids is 2. The van der Waals surface area contributed by atoms with Gasteiger partial charge in [0.1, 0.15) is 5.76 Å². The maximum atomic E-state index is 13.0. The average molecular weight is 403 g/mol. The van der Waals surface area contributed by atoms with Crippen molar-refractivity contribution < 1.29 is 28.3 Å². The minimum absolute atomic E-state index is 0.113. The van der Waals surface area contributed by atoms with Crippen molar-refractivity contribution in [3.05, 3.63) is 29.5 Å². The summed E-state index contributed by atoms with van der Waals surface area (Å²) in [6.45, 7) is 2.72. The van der Waals surface area contributed by atoms with Crippen molar-refractivity contribution in [1.29, 1.82) is 0 Å². The zero-order chi connectivity index (χ0) is 21.0. The van der Waals surface area contributed by atoms with E-state index in [0.29, 0.717) is 60.3 Å². The summed E-state index contributed by atoms with van der Waals surface area (Å²) in [4.78, 5) is 27.1. The number of nitrogens with zero attached hydrogens (tertiary/aromatic N) is 2. The molecule has 2 heterocycles. The third-order valence-corrected chi connectivity index (χ3v) is 4.94. The quantitative estimate of drug-likeness (QED) is 0.790. The number of benzene rings is 1. The highest BCUT2D eigenvalue weighted by molar-refractivity contribution is 5.96. The molecule has 0 unspecified atom stereocenters. The summed E-state index contributed by atoms with van der Waals surface area (Å²) in [7, 11) is 4.52. The summed E-state index contributed by atoms with van der Waals surface area (Å²) < 4.78 is 20.9. The first kappa shape index (κ1) is 20.5. The Kier molecular flexibility index (Phi) is 6.26. The van der Waals surface area contributed by atoms with E-state index in [1.54, 1.807) is 30.0 Å². The molecule has 2 aromatic rings. The Hall–Kier alpha value is -3.23. The summed E-state index contributed by atoms with van der Waals surface area (Å²) in [5.74, 6) is 1.88. The van der Waals surface area contributed by atoms with Crippen molar-refractivity contribution in [2.45, 2.75) is 19.8 Å². The van der Waals surface area contributed by atoms with Gasteiger partial charge in [0.15, 0.2) is 17.3 Å². The highest BCUT2D eigenvalue weighted by atomic mass is 16.5. The second kappa shape index (κ2) is 8.85. The number of aromatic nitrogens is 1. The Morgan fingerprint density at radius 3 is 2.17 bits per heavy atom. The van der Waals surface area contributed by atoms with Crippen molar-refractivity contribution >= 4 is 17.6 Å². The number of aryl methyl sites for hydroxylation is 1. The fraction of sp³-hybridized carbons (Fsp3) is 0.450. The molecule has 0 atom stereocenters. The smallest absolute Gasteiger partial charge is 0.254 e. The first-order valence-electron chi connectivity index (χ1n) is 9.30. The molecule has 1 aliphatic heterocycles. The number of rotatable bonds is 6. The summed E-state index contributed by atoms with van der Waals surface area (Å²) in [6, 6.07) is 4.94. The Bertz CT molecular complexity index is 861. The van der Waals surface area contributed by atoms with Gasteiger partial charge in [-0.2, -0.15) is 0 Å². The Labute approximate surface area is 168 Å². The topological polar surface area (TPSA) is 103 Å². The minimum Gasteiger partial charge on any atom is -0.493 e. The van der Waals surface area contributed by atoms with E-state index >= 15 is 0 Å². The van der Waals surface area contributed by atoms with E-state index in [1.165, 1.54) is 21.3 Å². The van der Waals surface area contributed by atoms with Gasteiger partial charge in [0.05, 0.1) is 21.3 Å². The molecule has 156 valence electrons. The molecule has 1 aromatic heterocycles. The van der Waals surface area contributed by atoms with Crippen LogP contribution in [0.15, 0.2) is 22.7 Å². The molecule has 0 aliphatic carbocycles. The fourth-order valence-electron chi connectivity index (χ4n) is 3.39. The molecule has 1 aromatic carbocycles. The molecular formula is C20H25N3O6. The number of likely N-dealkylation sites (tertiary alicyclic amines) is 1. The number of piperidine rings is 1. The molecule has 0 bridgehead atoms. The third-order valence-electron chi connectivity index (χ3n) is 4.94. The molecule has 0 spiro atoms. The van der Waals surface area contributed by atoms with Crippen LogP contribution in [0.25, 0.3) is 0 Å². The molecule has 1 saturated heterocycles. The standard InChI is InChI=1S/C20H25N3O6/c1-12-9-17(22-29-12)21-19(24)13-5-7-23(8-6-13)20(25)14-10-15(26-2)18(28-4)16(11-14)27-3/h9-11,13H,5-8H2,1-4H3,(H,21,22,24). The first-order valence-corrected chi connectivity index (χ1v) is 9.30. The van der Waals surface area contributed by atoms with Crippen LogP contribution in [0.5, 0.6) is 17.2 Å². The highest BCUT2D eigenvalue weighted by Gasteiger charge is 2.29. The number of ether oxygens (including phenoxy) is 3. The van der Waals surface area contributed by atoms with Gasteiger partial charge < -0.3 is 29.0 Å². The van der Waals surface area contributed by atoms with Crippen LogP contribution in [0.2, 0.25) is 0 Å². The number of hydrogen-bond donors (Lipinski definition) is 1. The van der Waals surface area contributed by atoms with Crippen LogP contribution < -0.4 is 19.5 Å². The van der Waals surface area contributed by atoms with Crippen molar-refractivity contribution in [2.24, 2.45) is 5.92 Å². The molecule has 1 aliphatic rings. The van der Waals surface area contributed by atoms with E-state index in [2.05, 4.69) is 10.5 Å². The lowest BCUT2D eigenvalue weighted by Crippen LogP contribution is -2.41. The number of carbonyl (C=O) groups is 2. The van der Waals surface area contributed by atoms with Crippen molar-refractivity contribution in [2.75, 3.05) is 39.7 Å². The van der Waals surface area contributed by atoms with E-state index in [4.69, 9.17) is 18.7 Å². The van der Waals surface area contributed by atoms with Crippen LogP contribution in [0.4, 0.5) is 5.82 Å². The molecule has 2 amide bonds. The predicted molar refractivity (Wildman–Crippen MR) is 105 cm³/mol. The molecule has 1 fully saturated rings. The summed E-state index contributed by atoms with van der Waals surface area (Å²) in [5.41, 5.74) is 0.445. The van der Waals surface area contributed by atoms with Gasteiger partial charge in [0, 0.05) is 30.6 Å². The van der Waals surface area contributed by atoms with Crippen LogP contribution in [-0.4, -0.2) is 56.3 Å². The van der Waals surface area contributed by atoms with Crippen LogP contribution in [0, 0.1) is 12.8 Å². The number of hydrogen-bond acceptors (Lipinski definition) is 7. The van der Waals surface area contributed by atoms with Crippen molar-refractivity contribution in [3.8, 4) is 17.2 Å². The maximum Gasteiger partial charge on any atom is 0.254 e. The normalized spacial score (nSPS) is 14.4. The molecule has 9 nitrogen and oxygen atoms in total. The SMILES string of the molecule is COc1cc(C(=O)N2CCC(C(=O)Nc3cc(C)on3)CC2)cc(OC)c1OC. The second-order valence-electron chi connectivity index (χ2n) is 6.79. The third kappa shape index (κ3) is 4.44. The van der Waals surface area contributed by atoms with Crippen LogP contribution in [0.3, 0.4) is 0 Å². The van der Waals surface area contributed by atoms with Crippen LogP contribution in [0.1, 0.15) is 29.0 Å². The van der Waals surface area contributed by atoms with Gasteiger partial charge in [-0.15, -0.1) is 0 Å². The van der Waals surface area contributed by atoms with E-state index in [9.17, 15) is 9.59 Å². The largest absolute Gasteiger partial charge is 0.493 e. The van der Waals surface area contributed by atoms with Gasteiger partial charge >= 0.3 is 0 Å². The maximum absolute atomic E-state index is 13.0. The Morgan fingerprint density at radius 1 is 1.07 bits per heavy atom. The Morgan fingerprint density at radius 2 is 1.69 bits per heavy atom. The molecule has 3 rings (SSSR count). The lowest BCUT2D eigenvalue weighted by atomic mass is 9.95. The van der Waals surface area contributed by atoms with E-state index in [1.807, 2.05) is 0 Å². The average Bonchev–Trinajstić information content (AvgIpc) is 3.16. The van der Waals surface area contributed by atoms with Gasteiger partial charge in [0.2, 0.25) is 11.7 Å². The lowest BCUT2D eigenvalue weighted by molar-refractivity contribution is -0.121. The summed E-state index contributed by atoms with van der Waals surface area (Å²) in [6.07, 6.45) is 1.14. The number of amides is 2. The van der Waals surface area contributed by atoms with Gasteiger partial charge in [-0.05, 0) is 31.9 Å². The van der Waals surface area contributed by atoms with Gasteiger partial charge in [0.25, 0.3) is 5.91 Å². The van der Waals surface area contributed by atoms with Crippen molar-refractivity contribution in [3.63, 3.8) is 0 Å². The molecule has 1 N–H and O–H groups in total. The van der Waals surface area contributed by atoms with Crippen LogP contribution >= 0.6 is 0 Å². The van der Waals surface area contributed by atoms with E-state index in [0.717, 1.165) is 0 Å². The van der Waals surface area contributed by atoms with E-state index in [-0.39, 0.29) is 17.7 Å². The van der Waals surface area contributed by atoms with Crippen molar-refractivity contribution in [1.82, 2.24) is 10.1 Å². The van der Waals surface area contributed by atoms with Gasteiger partial charge in [-0.3, -0.25) is 9.59 Å². The molecule has 0 saturated carbocycles. The predicted octanol–water partition coefficient (Wildman–Crippen LogP) is 2.50. The van der Waals surface area contributed by atoms with Crippen LogP contribution in [-0.2, 0) is 4.79 Å². The Balaban J connectivity index is 1.64. The monoisotopic (exact) mass is 403 g/mol. The summed E-state index contributed by atoms with van der Waals surface area (Å²) in [5, 5.41) is 6.53. The van der Waals surface area contributed by atoms with E-state index < -0.39 is 0 Å². The highest BCUT2D eigenvalue weighted by Crippen LogP contribution is 2.38. The zero-order valence-corrected chi connectivity index (χ0v) is 17.0. The number of methoxy groups -OCH3 is 3. The summed E-state index contributed by atoms with van der Waals surface area (Å²) >= 11 is 0. The minimum atomic E-state index is -0.184. The first-order chi connectivity index (χ1) is 14.0. The number of anilines is 1. The second-order valence-corrected chi connectivity index (χ2v) is 6.79. The van der Waals surface area contributed by atoms with Gasteiger partial charge in [-0.1, -0.05) is 5.16 Å². The van der Waals surface area contributed by atoms with Gasteiger partial charge in [-0.25, -0.2) is 0 Å². The fourth-order valence-corrected chi connectivity index (χ4v) is 3.39. The molecule has 29 heavy (non-hydrogen) atoms.